The third-order valence-corrected chi connectivity index (χ3v) is 0.997. The van der Waals surface area contributed by atoms with E-state index < -0.39 is 0 Å². The zero-order valence-electron chi connectivity index (χ0n) is 3.50. The molecule has 0 amide bonds. The Morgan fingerprint density at radius 3 is 2.86 bits per heavy atom. The van der Waals surface area contributed by atoms with Crippen molar-refractivity contribution < 1.29 is 8.97 Å². The first kappa shape index (κ1) is 4.74. The Balaban J connectivity index is 2.76. The monoisotopic (exact) mass is 116 g/mol. The van der Waals surface area contributed by atoms with E-state index >= 15 is 0 Å². The molecule has 7 heavy (non-hydrogen) atoms. The zero-order valence-corrected chi connectivity index (χ0v) is 4.31. The first-order valence-electron chi connectivity index (χ1n) is 1.78. The fourth-order valence-electron chi connectivity index (χ4n) is 0.315. The van der Waals surface area contributed by atoms with Crippen molar-refractivity contribution in [3.8, 4) is 0 Å². The second-order valence-corrected chi connectivity index (χ2v) is 1.61. The van der Waals surface area contributed by atoms with Crippen LogP contribution in [0.25, 0.3) is 0 Å². The van der Waals surface area contributed by atoms with Crippen LogP contribution in [-0.2, 0) is 0 Å². The maximum absolute atomic E-state index is 8.25. The van der Waals surface area contributed by atoms with Crippen molar-refractivity contribution in [2.45, 2.75) is 5.09 Å². The second-order valence-electron chi connectivity index (χ2n) is 1.02. The molecule has 0 bridgehead atoms. The van der Waals surface area contributed by atoms with Crippen molar-refractivity contribution in [2.75, 3.05) is 0 Å². The van der Waals surface area contributed by atoms with E-state index in [9.17, 15) is 0 Å². The number of furan rings is 1. The fourth-order valence-corrected chi connectivity index (χ4v) is 0.553. The standard InChI is InChI=1S/C4H4O2S/c5-7-4-2-1-3-6-4/h1-3,5H. The molecule has 1 N–H and O–H groups in total. The van der Waals surface area contributed by atoms with Crippen LogP contribution in [-0.4, -0.2) is 4.55 Å². The van der Waals surface area contributed by atoms with Gasteiger partial charge >= 0.3 is 0 Å². The molecule has 0 spiro atoms. The SMILES string of the molecule is OSc1ccco1. The molecule has 0 saturated heterocycles. The molecule has 0 atom stereocenters. The molecule has 0 saturated carbocycles. The van der Waals surface area contributed by atoms with E-state index in [0.717, 1.165) is 0 Å². The Kier molecular flexibility index (Phi) is 1.38. The van der Waals surface area contributed by atoms with Crippen LogP contribution < -0.4 is 0 Å². The molecule has 1 heterocycles. The first-order chi connectivity index (χ1) is 3.43. The summed E-state index contributed by atoms with van der Waals surface area (Å²) in [6.07, 6.45) is 1.51. The van der Waals surface area contributed by atoms with E-state index in [2.05, 4.69) is 0 Å². The minimum Gasteiger partial charge on any atom is -0.456 e. The zero-order chi connectivity index (χ0) is 5.11. The van der Waals surface area contributed by atoms with Crippen LogP contribution >= 0.6 is 12.0 Å². The smallest absolute Gasteiger partial charge is 0.186 e. The van der Waals surface area contributed by atoms with Crippen LogP contribution in [0.4, 0.5) is 0 Å². The van der Waals surface area contributed by atoms with Crippen LogP contribution in [0.1, 0.15) is 0 Å². The lowest BCUT2D eigenvalue weighted by Crippen LogP contribution is -1.51. The molecule has 0 radical (unpaired) electrons. The van der Waals surface area contributed by atoms with Crippen molar-refractivity contribution in [3.63, 3.8) is 0 Å². The molecular formula is C4H4O2S. The number of hydrogen-bond acceptors (Lipinski definition) is 3. The quantitative estimate of drug-likeness (QED) is 0.568. The lowest BCUT2D eigenvalue weighted by atomic mass is 10.7. The van der Waals surface area contributed by atoms with Gasteiger partial charge in [0, 0.05) is 0 Å². The van der Waals surface area contributed by atoms with Gasteiger partial charge in [-0.3, -0.25) is 0 Å². The average Bonchev–Trinajstić information content (AvgIpc) is 2.14. The molecule has 1 aromatic heterocycles. The predicted octanol–water partition coefficient (Wildman–Crippen LogP) is 1.84. The highest BCUT2D eigenvalue weighted by Gasteiger charge is 1.87. The van der Waals surface area contributed by atoms with Crippen molar-refractivity contribution in [1.82, 2.24) is 0 Å². The van der Waals surface area contributed by atoms with Gasteiger partial charge in [-0.1, -0.05) is 0 Å². The maximum Gasteiger partial charge on any atom is 0.186 e. The third-order valence-electron chi connectivity index (χ3n) is 0.585. The summed E-state index contributed by atoms with van der Waals surface area (Å²) in [5.41, 5.74) is 0. The Hall–Kier alpha value is -0.410. The largest absolute Gasteiger partial charge is 0.456 e. The van der Waals surface area contributed by atoms with Gasteiger partial charge in [-0.2, -0.15) is 0 Å². The lowest BCUT2D eigenvalue weighted by Gasteiger charge is -1.77. The van der Waals surface area contributed by atoms with Crippen LogP contribution in [0.3, 0.4) is 0 Å². The van der Waals surface area contributed by atoms with Crippen molar-refractivity contribution in [2.24, 2.45) is 0 Å². The van der Waals surface area contributed by atoms with Crippen molar-refractivity contribution >= 4 is 12.0 Å². The van der Waals surface area contributed by atoms with E-state index in [1.165, 1.54) is 6.26 Å². The van der Waals surface area contributed by atoms with E-state index in [4.69, 9.17) is 8.97 Å². The molecule has 2 nitrogen and oxygen atoms in total. The Morgan fingerprint density at radius 2 is 2.57 bits per heavy atom. The molecule has 0 fully saturated rings. The topological polar surface area (TPSA) is 33.4 Å². The molecule has 1 rings (SSSR count). The highest BCUT2D eigenvalue weighted by molar-refractivity contribution is 7.93. The van der Waals surface area contributed by atoms with Gasteiger partial charge in [0.05, 0.1) is 18.3 Å². The van der Waals surface area contributed by atoms with Gasteiger partial charge in [-0.25, -0.2) is 0 Å². The van der Waals surface area contributed by atoms with Crippen LogP contribution in [0.2, 0.25) is 0 Å². The lowest BCUT2D eigenvalue weighted by molar-refractivity contribution is 0.462. The fraction of sp³-hybridized carbons (Fsp3) is 0. The summed E-state index contributed by atoms with van der Waals surface area (Å²) in [5.74, 6) is 0. The van der Waals surface area contributed by atoms with Crippen molar-refractivity contribution in [1.29, 1.82) is 0 Å². The second kappa shape index (κ2) is 2.04. The predicted molar refractivity (Wildman–Crippen MR) is 27.2 cm³/mol. The van der Waals surface area contributed by atoms with Gasteiger partial charge in [0.2, 0.25) is 0 Å². The first-order valence-corrected chi connectivity index (χ1v) is 2.56. The maximum atomic E-state index is 8.25. The van der Waals surface area contributed by atoms with Gasteiger partial charge in [0.25, 0.3) is 0 Å². The Bertz CT molecular complexity index is 124. The van der Waals surface area contributed by atoms with Gasteiger partial charge in [0.15, 0.2) is 5.09 Å². The average molecular weight is 116 g/mol. The van der Waals surface area contributed by atoms with Gasteiger partial charge in [-0.15, -0.1) is 0 Å². The summed E-state index contributed by atoms with van der Waals surface area (Å²) in [5, 5.41) is 0.528. The van der Waals surface area contributed by atoms with E-state index in [0.29, 0.717) is 17.1 Å². The molecule has 0 aliphatic heterocycles. The molecule has 0 aromatic carbocycles. The summed E-state index contributed by atoms with van der Waals surface area (Å²) >= 11 is 0.609. The summed E-state index contributed by atoms with van der Waals surface area (Å²) < 4.78 is 12.9. The minimum absolute atomic E-state index is 0.528. The third kappa shape index (κ3) is 0.976. The molecule has 0 aliphatic carbocycles. The number of rotatable bonds is 1. The Morgan fingerprint density at radius 1 is 1.71 bits per heavy atom. The molecule has 1 aromatic rings. The van der Waals surface area contributed by atoms with Gasteiger partial charge < -0.3 is 8.97 Å². The van der Waals surface area contributed by atoms with Crippen LogP contribution in [0.15, 0.2) is 27.9 Å². The molecule has 38 valence electrons. The van der Waals surface area contributed by atoms with E-state index in [1.807, 2.05) is 0 Å². The van der Waals surface area contributed by atoms with E-state index in [1.54, 1.807) is 12.1 Å². The minimum atomic E-state index is 0.528. The van der Waals surface area contributed by atoms with Gasteiger partial charge in [-0.05, 0) is 12.1 Å². The highest BCUT2D eigenvalue weighted by atomic mass is 32.2. The highest BCUT2D eigenvalue weighted by Crippen LogP contribution is 2.12. The van der Waals surface area contributed by atoms with Crippen LogP contribution in [0, 0.1) is 0 Å². The molecule has 0 unspecified atom stereocenters. The van der Waals surface area contributed by atoms with Crippen molar-refractivity contribution in [3.05, 3.63) is 18.4 Å². The summed E-state index contributed by atoms with van der Waals surface area (Å²) in [6.45, 7) is 0. The molecule has 0 aliphatic rings. The summed E-state index contributed by atoms with van der Waals surface area (Å²) in [4.78, 5) is 0. The Labute approximate surface area is 45.4 Å². The normalized spacial score (nSPS) is 9.29. The molecular weight excluding hydrogens is 112 g/mol. The van der Waals surface area contributed by atoms with Gasteiger partial charge in [0.1, 0.15) is 0 Å². The molecule has 3 heteroatoms. The van der Waals surface area contributed by atoms with E-state index in [-0.39, 0.29) is 0 Å². The summed E-state index contributed by atoms with van der Waals surface area (Å²) in [7, 11) is 0. The van der Waals surface area contributed by atoms with Crippen LogP contribution in [0.5, 0.6) is 0 Å². The summed E-state index contributed by atoms with van der Waals surface area (Å²) in [6, 6.07) is 3.41. The number of hydrogen-bond donors (Lipinski definition) is 1.